The molecule has 1 aliphatic rings. The van der Waals surface area contributed by atoms with Gasteiger partial charge in [0.15, 0.2) is 15.0 Å². The Labute approximate surface area is 157 Å². The molecule has 3 rings (SSSR count). The van der Waals surface area contributed by atoms with Gasteiger partial charge in [0.2, 0.25) is 5.91 Å². The number of ether oxygens (including phenoxy) is 1. The van der Waals surface area contributed by atoms with Gasteiger partial charge >= 0.3 is 0 Å². The first kappa shape index (κ1) is 19.0. The van der Waals surface area contributed by atoms with Gasteiger partial charge in [-0.25, -0.2) is 13.4 Å². The van der Waals surface area contributed by atoms with Crippen LogP contribution in [0.25, 0.3) is 11.0 Å². The van der Waals surface area contributed by atoms with Crippen LogP contribution in [-0.4, -0.2) is 65.6 Å². The number of nitrogens with one attached hydrogen (secondary N) is 1. The van der Waals surface area contributed by atoms with Gasteiger partial charge in [-0.05, 0) is 32.4 Å². The minimum Gasteiger partial charge on any atom is -0.494 e. The summed E-state index contributed by atoms with van der Waals surface area (Å²) < 4.78 is 28.8. The Hall–Kier alpha value is -1.74. The second-order valence-electron chi connectivity index (χ2n) is 6.18. The molecule has 0 bridgehead atoms. The van der Waals surface area contributed by atoms with E-state index < -0.39 is 9.84 Å². The molecule has 0 saturated carbocycles. The van der Waals surface area contributed by atoms with Crippen molar-refractivity contribution in [2.45, 2.75) is 31.5 Å². The number of hydrogen-bond acceptors (Lipinski definition) is 6. The third-order valence-corrected chi connectivity index (χ3v) is 6.99. The molecular formula is C17H23N3O4S2. The number of imidazole rings is 1. The molecule has 2 aromatic rings. The van der Waals surface area contributed by atoms with Crippen LogP contribution in [0, 0.1) is 0 Å². The van der Waals surface area contributed by atoms with E-state index >= 15 is 0 Å². The van der Waals surface area contributed by atoms with E-state index in [1.165, 1.54) is 11.8 Å². The number of aromatic nitrogens is 2. The van der Waals surface area contributed by atoms with E-state index in [0.29, 0.717) is 24.7 Å². The van der Waals surface area contributed by atoms with Gasteiger partial charge in [-0.1, -0.05) is 11.8 Å². The minimum absolute atomic E-state index is 0.0601. The van der Waals surface area contributed by atoms with Gasteiger partial charge in [0, 0.05) is 18.7 Å². The number of benzene rings is 1. The number of H-pyrrole nitrogens is 1. The van der Waals surface area contributed by atoms with Gasteiger partial charge in [-0.15, -0.1) is 0 Å². The van der Waals surface area contributed by atoms with Crippen molar-refractivity contribution < 1.29 is 17.9 Å². The normalized spacial score (nSPS) is 18.9. The van der Waals surface area contributed by atoms with Crippen molar-refractivity contribution in [2.75, 3.05) is 30.4 Å². The van der Waals surface area contributed by atoms with Crippen molar-refractivity contribution in [1.82, 2.24) is 14.9 Å². The first-order valence-corrected chi connectivity index (χ1v) is 11.5. The average molecular weight is 398 g/mol. The van der Waals surface area contributed by atoms with Crippen molar-refractivity contribution in [1.29, 1.82) is 0 Å². The molecule has 9 heteroatoms. The van der Waals surface area contributed by atoms with E-state index in [0.717, 1.165) is 16.8 Å². The molecule has 1 saturated heterocycles. The fourth-order valence-corrected chi connectivity index (χ4v) is 5.66. The van der Waals surface area contributed by atoms with Crippen molar-refractivity contribution >= 4 is 38.5 Å². The van der Waals surface area contributed by atoms with Crippen LogP contribution < -0.4 is 4.74 Å². The van der Waals surface area contributed by atoms with Crippen molar-refractivity contribution in [3.8, 4) is 5.75 Å². The Morgan fingerprint density at radius 1 is 1.42 bits per heavy atom. The van der Waals surface area contributed by atoms with Crippen molar-refractivity contribution in [3.63, 3.8) is 0 Å². The van der Waals surface area contributed by atoms with Crippen molar-refractivity contribution in [3.05, 3.63) is 18.2 Å². The smallest absolute Gasteiger partial charge is 0.233 e. The zero-order valence-electron chi connectivity index (χ0n) is 14.9. The van der Waals surface area contributed by atoms with Gasteiger partial charge in [0.05, 0.1) is 34.9 Å². The van der Waals surface area contributed by atoms with E-state index in [2.05, 4.69) is 9.97 Å². The molecule has 7 nitrogen and oxygen atoms in total. The average Bonchev–Trinajstić information content (AvgIpc) is 3.16. The SMILES string of the molecule is CCOc1ccc2nc(SCC(=O)N(CC)C3CCS(=O)(=O)C3)[nH]c2c1. The van der Waals surface area contributed by atoms with Crippen molar-refractivity contribution in [2.24, 2.45) is 0 Å². The van der Waals surface area contributed by atoms with Crippen LogP contribution in [0.4, 0.5) is 0 Å². The lowest BCUT2D eigenvalue weighted by atomic mass is 10.2. The van der Waals surface area contributed by atoms with Crippen LogP contribution in [0.1, 0.15) is 20.3 Å². The summed E-state index contributed by atoms with van der Waals surface area (Å²) >= 11 is 1.33. The topological polar surface area (TPSA) is 92.4 Å². The number of amides is 1. The second-order valence-corrected chi connectivity index (χ2v) is 9.37. The summed E-state index contributed by atoms with van der Waals surface area (Å²) in [6.07, 6.45) is 0.525. The first-order chi connectivity index (χ1) is 12.4. The molecule has 142 valence electrons. The Kier molecular flexibility index (Phi) is 5.76. The number of carbonyl (C=O) groups is 1. The maximum atomic E-state index is 12.5. The molecule has 1 N–H and O–H groups in total. The number of fused-ring (bicyclic) bond motifs is 1. The fraction of sp³-hybridized carbons (Fsp3) is 0.529. The molecule has 0 aliphatic carbocycles. The first-order valence-electron chi connectivity index (χ1n) is 8.67. The van der Waals surface area contributed by atoms with Crippen LogP contribution in [-0.2, 0) is 14.6 Å². The Bertz CT molecular complexity index is 895. The molecule has 26 heavy (non-hydrogen) atoms. The van der Waals surface area contributed by atoms with Gasteiger partial charge in [-0.3, -0.25) is 4.79 Å². The number of rotatable bonds is 7. The monoisotopic (exact) mass is 397 g/mol. The third-order valence-electron chi connectivity index (χ3n) is 4.39. The lowest BCUT2D eigenvalue weighted by molar-refractivity contribution is -0.129. The zero-order chi connectivity index (χ0) is 18.7. The molecule has 1 aliphatic heterocycles. The Balaban J connectivity index is 1.64. The highest BCUT2D eigenvalue weighted by Crippen LogP contribution is 2.24. The Morgan fingerprint density at radius 2 is 2.23 bits per heavy atom. The summed E-state index contributed by atoms with van der Waals surface area (Å²) in [5.74, 6) is 1.18. The quantitative estimate of drug-likeness (QED) is 0.719. The second kappa shape index (κ2) is 7.87. The highest BCUT2D eigenvalue weighted by atomic mass is 32.2. The maximum absolute atomic E-state index is 12.5. The van der Waals surface area contributed by atoms with E-state index in [1.54, 1.807) is 4.90 Å². The largest absolute Gasteiger partial charge is 0.494 e. The Morgan fingerprint density at radius 3 is 2.88 bits per heavy atom. The number of carbonyl (C=O) groups excluding carboxylic acids is 1. The molecule has 1 amide bonds. The molecule has 0 radical (unpaired) electrons. The molecule has 2 heterocycles. The standard InChI is InChI=1S/C17H23N3O4S2/c1-3-20(12-7-8-26(22,23)11-12)16(21)10-25-17-18-14-6-5-13(24-4-2)9-15(14)19-17/h5-6,9,12H,3-4,7-8,10-11H2,1-2H3,(H,18,19). The maximum Gasteiger partial charge on any atom is 0.233 e. The number of hydrogen-bond donors (Lipinski definition) is 1. The fourth-order valence-electron chi connectivity index (χ4n) is 3.16. The van der Waals surface area contributed by atoms with Gasteiger partial charge in [0.25, 0.3) is 0 Å². The molecule has 1 aromatic heterocycles. The van der Waals surface area contributed by atoms with Gasteiger partial charge < -0.3 is 14.6 Å². The predicted molar refractivity (Wildman–Crippen MR) is 102 cm³/mol. The van der Waals surface area contributed by atoms with E-state index in [-0.39, 0.29) is 29.2 Å². The molecule has 0 spiro atoms. The number of thioether (sulfide) groups is 1. The highest BCUT2D eigenvalue weighted by molar-refractivity contribution is 7.99. The summed E-state index contributed by atoms with van der Waals surface area (Å²) in [6.45, 7) is 4.92. The van der Waals surface area contributed by atoms with Crippen LogP contribution in [0.15, 0.2) is 23.4 Å². The number of sulfone groups is 1. The molecule has 1 atom stereocenters. The van der Waals surface area contributed by atoms with Gasteiger partial charge in [-0.2, -0.15) is 0 Å². The van der Waals surface area contributed by atoms with E-state index in [9.17, 15) is 13.2 Å². The highest BCUT2D eigenvalue weighted by Gasteiger charge is 2.33. The summed E-state index contributed by atoms with van der Waals surface area (Å²) in [5.41, 5.74) is 1.68. The number of aromatic amines is 1. The number of nitrogens with zero attached hydrogens (tertiary/aromatic N) is 2. The van der Waals surface area contributed by atoms with Crippen LogP contribution in [0.3, 0.4) is 0 Å². The van der Waals surface area contributed by atoms with Crippen LogP contribution in [0.2, 0.25) is 0 Å². The third kappa shape index (κ3) is 4.32. The summed E-state index contributed by atoms with van der Waals surface area (Å²) in [7, 11) is -3.01. The molecule has 1 fully saturated rings. The van der Waals surface area contributed by atoms with Gasteiger partial charge in [0.1, 0.15) is 5.75 Å². The molecular weight excluding hydrogens is 374 g/mol. The summed E-state index contributed by atoms with van der Waals surface area (Å²) in [6, 6.07) is 5.43. The summed E-state index contributed by atoms with van der Waals surface area (Å²) in [4.78, 5) is 21.9. The summed E-state index contributed by atoms with van der Waals surface area (Å²) in [5, 5.41) is 0.664. The van der Waals surface area contributed by atoms with Crippen LogP contribution in [0.5, 0.6) is 5.75 Å². The minimum atomic E-state index is -3.01. The predicted octanol–water partition coefficient (Wildman–Crippen LogP) is 2.09. The molecule has 1 aromatic carbocycles. The van der Waals surface area contributed by atoms with E-state index in [1.807, 2.05) is 32.0 Å². The lowest BCUT2D eigenvalue weighted by Gasteiger charge is -2.26. The molecule has 1 unspecified atom stereocenters. The lowest BCUT2D eigenvalue weighted by Crippen LogP contribution is -2.41. The van der Waals surface area contributed by atoms with Crippen LogP contribution >= 0.6 is 11.8 Å². The zero-order valence-corrected chi connectivity index (χ0v) is 16.5. The van der Waals surface area contributed by atoms with E-state index in [4.69, 9.17) is 4.74 Å².